The fraction of sp³-hybridized carbons (Fsp3) is 0.556. The summed E-state index contributed by atoms with van der Waals surface area (Å²) < 4.78 is 5.71. The van der Waals surface area contributed by atoms with Crippen molar-refractivity contribution in [1.82, 2.24) is 15.5 Å². The molecule has 1 atom stereocenters. The number of benzene rings is 1. The van der Waals surface area contributed by atoms with Crippen LogP contribution in [0.5, 0.6) is 5.75 Å². The van der Waals surface area contributed by atoms with Crippen LogP contribution < -0.4 is 15.4 Å². The number of hydrogen-bond donors (Lipinski definition) is 3. The van der Waals surface area contributed by atoms with Crippen LogP contribution in [0.3, 0.4) is 0 Å². The summed E-state index contributed by atoms with van der Waals surface area (Å²) in [5, 5.41) is 13.6. The zero-order valence-corrected chi connectivity index (χ0v) is 21.5. The van der Waals surface area contributed by atoms with Crippen molar-refractivity contribution in [3.8, 4) is 5.75 Å². The van der Waals surface area contributed by atoms with Gasteiger partial charge in [0.05, 0.1) is 17.7 Å². The Hall–Kier alpha value is -3.76. The number of nitrogens with one attached hydrogen (secondary N) is 2. The highest BCUT2D eigenvalue weighted by molar-refractivity contribution is 6.24. The third kappa shape index (κ3) is 7.87. The number of carboxylic acid groups (broad SMARTS) is 1. The molecule has 1 aromatic carbocycles. The second-order valence-electron chi connectivity index (χ2n) is 9.55. The van der Waals surface area contributed by atoms with Gasteiger partial charge in [-0.25, -0.2) is 0 Å². The standard InChI is InChI=1S/C27H35N3O8/c31-21(12-7-5-3-1-2-4-6-8-13-23(33)34)28-16-17-38-20-11-9-10-18-24(20)27(37)30(26(18)36)19-14-15-22(32)29-25(19)35/h9-11,19H,1-8,12-17H2,(H,28,31)(H,33,34)(H,29,32,35). The first-order chi connectivity index (χ1) is 18.3. The smallest absolute Gasteiger partial charge is 0.303 e. The zero-order valence-electron chi connectivity index (χ0n) is 21.5. The number of piperidine rings is 1. The van der Waals surface area contributed by atoms with Crippen molar-refractivity contribution in [3.63, 3.8) is 0 Å². The number of unbranched alkanes of at least 4 members (excludes halogenated alkanes) is 7. The van der Waals surface area contributed by atoms with Crippen LogP contribution in [0.25, 0.3) is 0 Å². The minimum atomic E-state index is -1.05. The molecule has 0 saturated carbocycles. The van der Waals surface area contributed by atoms with E-state index in [4.69, 9.17) is 9.84 Å². The summed E-state index contributed by atoms with van der Waals surface area (Å²) in [5.74, 6) is -2.98. The summed E-state index contributed by atoms with van der Waals surface area (Å²) in [4.78, 5) is 73.0. The first-order valence-corrected chi connectivity index (χ1v) is 13.3. The number of amides is 5. The molecule has 3 N–H and O–H groups in total. The average molecular weight is 530 g/mol. The predicted molar refractivity (Wildman–Crippen MR) is 135 cm³/mol. The van der Waals surface area contributed by atoms with Gasteiger partial charge in [0.1, 0.15) is 18.4 Å². The van der Waals surface area contributed by atoms with Crippen LogP contribution in [0, 0.1) is 0 Å². The van der Waals surface area contributed by atoms with E-state index >= 15 is 0 Å². The van der Waals surface area contributed by atoms with Crippen LogP contribution in [0.2, 0.25) is 0 Å². The number of carbonyl (C=O) groups is 6. The van der Waals surface area contributed by atoms with E-state index < -0.39 is 35.6 Å². The number of fused-ring (bicyclic) bond motifs is 1. The maximum Gasteiger partial charge on any atom is 0.303 e. The first-order valence-electron chi connectivity index (χ1n) is 13.3. The van der Waals surface area contributed by atoms with Crippen molar-refractivity contribution in [2.45, 2.75) is 83.1 Å². The lowest BCUT2D eigenvalue weighted by atomic mass is 10.0. The number of ether oxygens (including phenoxy) is 1. The lowest BCUT2D eigenvalue weighted by Gasteiger charge is -2.27. The Morgan fingerprint density at radius 1 is 0.947 bits per heavy atom. The van der Waals surface area contributed by atoms with Gasteiger partial charge in [-0.2, -0.15) is 0 Å². The Bertz CT molecular complexity index is 1070. The van der Waals surface area contributed by atoms with E-state index in [1.54, 1.807) is 12.1 Å². The normalized spacial score (nSPS) is 16.8. The summed E-state index contributed by atoms with van der Waals surface area (Å²) in [6.45, 7) is 0.335. The molecule has 2 aliphatic rings. The number of hydrogen-bond acceptors (Lipinski definition) is 7. The van der Waals surface area contributed by atoms with Crippen LogP contribution in [-0.4, -0.2) is 64.7 Å². The third-order valence-corrected chi connectivity index (χ3v) is 6.66. The maximum absolute atomic E-state index is 13.0. The van der Waals surface area contributed by atoms with E-state index in [1.807, 2.05) is 0 Å². The summed E-state index contributed by atoms with van der Waals surface area (Å²) in [6, 6.07) is 3.60. The molecule has 0 aliphatic carbocycles. The molecule has 1 aromatic rings. The lowest BCUT2D eigenvalue weighted by Crippen LogP contribution is -2.54. The van der Waals surface area contributed by atoms with Crippen molar-refractivity contribution in [3.05, 3.63) is 29.3 Å². The van der Waals surface area contributed by atoms with Crippen LogP contribution >= 0.6 is 0 Å². The number of carboxylic acids is 1. The Morgan fingerprint density at radius 3 is 2.26 bits per heavy atom. The van der Waals surface area contributed by atoms with E-state index in [9.17, 15) is 28.8 Å². The van der Waals surface area contributed by atoms with E-state index in [0.717, 1.165) is 56.3 Å². The monoisotopic (exact) mass is 529 g/mol. The molecule has 1 fully saturated rings. The summed E-state index contributed by atoms with van der Waals surface area (Å²) in [7, 11) is 0. The van der Waals surface area contributed by atoms with Crippen LogP contribution in [0.4, 0.5) is 0 Å². The van der Waals surface area contributed by atoms with Gasteiger partial charge in [0.25, 0.3) is 11.8 Å². The summed E-state index contributed by atoms with van der Waals surface area (Å²) >= 11 is 0. The molecule has 206 valence electrons. The number of rotatable bonds is 16. The molecule has 1 saturated heterocycles. The van der Waals surface area contributed by atoms with E-state index in [2.05, 4.69) is 10.6 Å². The molecular formula is C27H35N3O8. The number of aliphatic carboxylic acids is 1. The van der Waals surface area contributed by atoms with Gasteiger partial charge in [-0.05, 0) is 31.4 Å². The molecule has 1 unspecified atom stereocenters. The van der Waals surface area contributed by atoms with Gasteiger partial charge >= 0.3 is 5.97 Å². The Morgan fingerprint density at radius 2 is 1.61 bits per heavy atom. The number of nitrogens with zero attached hydrogens (tertiary/aromatic N) is 1. The molecule has 5 amide bonds. The quantitative estimate of drug-likeness (QED) is 0.218. The molecule has 0 radical (unpaired) electrons. The Labute approximate surface area is 221 Å². The van der Waals surface area contributed by atoms with Crippen molar-refractivity contribution < 1.29 is 38.6 Å². The molecule has 2 heterocycles. The average Bonchev–Trinajstić information content (AvgIpc) is 3.13. The predicted octanol–water partition coefficient (Wildman–Crippen LogP) is 2.57. The minimum Gasteiger partial charge on any atom is -0.491 e. The van der Waals surface area contributed by atoms with Crippen LogP contribution in [-0.2, 0) is 19.2 Å². The SMILES string of the molecule is O=C(O)CCCCCCCCCCC(=O)NCCOc1cccc2c1C(=O)N(C1CCC(=O)NC1=O)C2=O. The minimum absolute atomic E-state index is 0.0447. The molecule has 11 heteroatoms. The second-order valence-corrected chi connectivity index (χ2v) is 9.55. The molecule has 2 aliphatic heterocycles. The molecule has 3 rings (SSSR count). The van der Waals surface area contributed by atoms with Crippen LogP contribution in [0.15, 0.2) is 18.2 Å². The highest BCUT2D eigenvalue weighted by Crippen LogP contribution is 2.33. The summed E-state index contributed by atoms with van der Waals surface area (Å²) in [6.07, 6.45) is 8.38. The molecular weight excluding hydrogens is 494 g/mol. The molecule has 0 aromatic heterocycles. The van der Waals surface area contributed by atoms with E-state index in [1.165, 1.54) is 6.07 Å². The number of imide groups is 2. The zero-order chi connectivity index (χ0) is 27.5. The highest BCUT2D eigenvalue weighted by atomic mass is 16.5. The fourth-order valence-electron chi connectivity index (χ4n) is 4.67. The molecule has 0 bridgehead atoms. The first kappa shape index (κ1) is 28.8. The molecule has 0 spiro atoms. The van der Waals surface area contributed by atoms with Gasteiger partial charge in [0, 0.05) is 19.3 Å². The van der Waals surface area contributed by atoms with Gasteiger partial charge in [-0.3, -0.25) is 39.0 Å². The Balaban J connectivity index is 1.34. The van der Waals surface area contributed by atoms with Crippen molar-refractivity contribution in [1.29, 1.82) is 0 Å². The van der Waals surface area contributed by atoms with Crippen molar-refractivity contribution >= 4 is 35.5 Å². The second kappa shape index (κ2) is 14.3. The third-order valence-electron chi connectivity index (χ3n) is 6.66. The largest absolute Gasteiger partial charge is 0.491 e. The van der Waals surface area contributed by atoms with Crippen molar-refractivity contribution in [2.24, 2.45) is 0 Å². The lowest BCUT2D eigenvalue weighted by molar-refractivity contribution is -0.138. The highest BCUT2D eigenvalue weighted by Gasteiger charge is 2.45. The van der Waals surface area contributed by atoms with Gasteiger partial charge < -0.3 is 15.2 Å². The summed E-state index contributed by atoms with van der Waals surface area (Å²) in [5.41, 5.74) is 0.219. The van der Waals surface area contributed by atoms with Gasteiger partial charge in [-0.1, -0.05) is 44.6 Å². The fourth-order valence-corrected chi connectivity index (χ4v) is 4.67. The molecule has 11 nitrogen and oxygen atoms in total. The van der Waals surface area contributed by atoms with Gasteiger partial charge in [-0.15, -0.1) is 0 Å². The van der Waals surface area contributed by atoms with Crippen molar-refractivity contribution in [2.75, 3.05) is 13.2 Å². The van der Waals surface area contributed by atoms with Gasteiger partial charge in [0.2, 0.25) is 17.7 Å². The topological polar surface area (TPSA) is 159 Å². The Kier molecular flexibility index (Phi) is 10.8. The van der Waals surface area contributed by atoms with Crippen LogP contribution in [0.1, 0.15) is 97.8 Å². The molecule has 38 heavy (non-hydrogen) atoms. The van der Waals surface area contributed by atoms with E-state index in [0.29, 0.717) is 6.42 Å². The number of carbonyl (C=O) groups excluding carboxylic acids is 5. The van der Waals surface area contributed by atoms with E-state index in [-0.39, 0.29) is 55.2 Å². The maximum atomic E-state index is 13.0. The van der Waals surface area contributed by atoms with Gasteiger partial charge in [0.15, 0.2) is 0 Å².